The van der Waals surface area contributed by atoms with Gasteiger partial charge in [0.15, 0.2) is 5.82 Å². The van der Waals surface area contributed by atoms with E-state index in [-0.39, 0.29) is 11.4 Å². The fourth-order valence-corrected chi connectivity index (χ4v) is 1.39. The van der Waals surface area contributed by atoms with Crippen LogP contribution in [0.2, 0.25) is 0 Å². The van der Waals surface area contributed by atoms with Crippen LogP contribution < -0.4 is 0 Å². The van der Waals surface area contributed by atoms with E-state index in [2.05, 4.69) is 14.7 Å². The van der Waals surface area contributed by atoms with Crippen molar-refractivity contribution in [1.29, 1.82) is 0 Å². The minimum absolute atomic E-state index is 0.0395. The van der Waals surface area contributed by atoms with Crippen molar-refractivity contribution in [2.75, 3.05) is 6.61 Å². The lowest BCUT2D eigenvalue weighted by atomic mass is 10.1. The van der Waals surface area contributed by atoms with Crippen molar-refractivity contribution in [3.8, 4) is 0 Å². The molecule has 0 radical (unpaired) electrons. The number of rotatable bonds is 6. The lowest BCUT2D eigenvalue weighted by Crippen LogP contribution is -2.18. The molecule has 106 valence electrons. The number of carboxylic acids is 1. The molecule has 0 spiro atoms. The van der Waals surface area contributed by atoms with E-state index in [4.69, 9.17) is 5.11 Å². The molecule has 0 aromatic carbocycles. The van der Waals surface area contributed by atoms with Crippen molar-refractivity contribution in [1.82, 2.24) is 9.97 Å². The van der Waals surface area contributed by atoms with E-state index in [1.165, 1.54) is 0 Å². The Morgan fingerprint density at radius 3 is 2.68 bits per heavy atom. The van der Waals surface area contributed by atoms with Gasteiger partial charge < -0.3 is 9.84 Å². The highest BCUT2D eigenvalue weighted by atomic mass is 19.4. The van der Waals surface area contributed by atoms with Crippen LogP contribution >= 0.6 is 0 Å². The number of carbonyl (C=O) groups is 1. The third-order valence-corrected chi connectivity index (χ3v) is 2.13. The largest absolute Gasteiger partial charge is 0.478 e. The van der Waals surface area contributed by atoms with Gasteiger partial charge in [-0.1, -0.05) is 13.3 Å². The molecule has 1 aromatic rings. The van der Waals surface area contributed by atoms with E-state index in [9.17, 15) is 18.0 Å². The summed E-state index contributed by atoms with van der Waals surface area (Å²) in [5.41, 5.74) is 0.261. The highest BCUT2D eigenvalue weighted by Gasteiger charge is 2.27. The van der Waals surface area contributed by atoms with E-state index in [1.807, 2.05) is 6.92 Å². The van der Waals surface area contributed by atoms with E-state index in [1.54, 1.807) is 0 Å². The summed E-state index contributed by atoms with van der Waals surface area (Å²) in [6.45, 7) is 0.0455. The number of hydrogen-bond donors (Lipinski definition) is 1. The molecule has 0 aliphatic heterocycles. The van der Waals surface area contributed by atoms with Crippen LogP contribution in [0, 0.1) is 0 Å². The second-order valence-electron chi connectivity index (χ2n) is 3.81. The Bertz CT molecular complexity index is 449. The molecule has 0 unspecified atom stereocenters. The monoisotopic (exact) mass is 278 g/mol. The maximum Gasteiger partial charge on any atom is 0.411 e. The smallest absolute Gasteiger partial charge is 0.411 e. The molecule has 0 aliphatic rings. The number of ether oxygens (including phenoxy) is 1. The number of aromatic nitrogens is 2. The number of aromatic carboxylic acids is 1. The van der Waals surface area contributed by atoms with Gasteiger partial charge in [0.1, 0.15) is 13.2 Å². The molecule has 0 aliphatic carbocycles. The zero-order valence-corrected chi connectivity index (χ0v) is 10.2. The number of alkyl halides is 3. The lowest BCUT2D eigenvalue weighted by molar-refractivity contribution is -0.177. The normalized spacial score (nSPS) is 11.6. The summed E-state index contributed by atoms with van der Waals surface area (Å²) in [6.07, 6.45) is -2.24. The highest BCUT2D eigenvalue weighted by molar-refractivity contribution is 5.88. The number of halogens is 3. The molecule has 0 saturated carbocycles. The van der Waals surface area contributed by atoms with Gasteiger partial charge in [-0.15, -0.1) is 0 Å². The van der Waals surface area contributed by atoms with Crippen LogP contribution in [0.5, 0.6) is 0 Å². The van der Waals surface area contributed by atoms with E-state index in [0.717, 1.165) is 6.20 Å². The molecule has 0 atom stereocenters. The average molecular weight is 278 g/mol. The summed E-state index contributed by atoms with van der Waals surface area (Å²) in [6, 6.07) is 0. The highest BCUT2D eigenvalue weighted by Crippen LogP contribution is 2.15. The van der Waals surface area contributed by atoms with Gasteiger partial charge >= 0.3 is 12.1 Å². The maximum atomic E-state index is 11.9. The number of hydrogen-bond acceptors (Lipinski definition) is 4. The zero-order chi connectivity index (χ0) is 14.5. The topological polar surface area (TPSA) is 72.3 Å². The Kier molecular flexibility index (Phi) is 5.22. The second-order valence-corrected chi connectivity index (χ2v) is 3.81. The van der Waals surface area contributed by atoms with Gasteiger partial charge in [0.25, 0.3) is 0 Å². The van der Waals surface area contributed by atoms with Gasteiger partial charge in [0.2, 0.25) is 0 Å². The molecule has 19 heavy (non-hydrogen) atoms. The number of carboxylic acid groups (broad SMARTS) is 1. The van der Waals surface area contributed by atoms with Crippen molar-refractivity contribution >= 4 is 5.97 Å². The molecule has 1 rings (SSSR count). The number of nitrogens with zero attached hydrogens (tertiary/aromatic N) is 2. The minimum Gasteiger partial charge on any atom is -0.478 e. The van der Waals surface area contributed by atoms with Gasteiger partial charge in [0, 0.05) is 6.20 Å². The lowest BCUT2D eigenvalue weighted by Gasteiger charge is -2.08. The quantitative estimate of drug-likeness (QED) is 0.863. The SMILES string of the molecule is CCCc1nc(COCC(F)(F)F)ncc1C(=O)O. The summed E-state index contributed by atoms with van der Waals surface area (Å²) in [4.78, 5) is 18.5. The first-order chi connectivity index (χ1) is 8.83. The van der Waals surface area contributed by atoms with Crippen molar-refractivity contribution in [2.45, 2.75) is 32.5 Å². The van der Waals surface area contributed by atoms with Crippen LogP contribution in [-0.4, -0.2) is 33.8 Å². The van der Waals surface area contributed by atoms with E-state index in [0.29, 0.717) is 18.5 Å². The molecule has 0 fully saturated rings. The molecular weight excluding hydrogens is 265 g/mol. The van der Waals surface area contributed by atoms with Crippen LogP contribution in [0.1, 0.15) is 35.2 Å². The van der Waals surface area contributed by atoms with E-state index >= 15 is 0 Å². The summed E-state index contributed by atoms with van der Waals surface area (Å²) in [5, 5.41) is 8.91. The zero-order valence-electron chi connectivity index (χ0n) is 10.2. The van der Waals surface area contributed by atoms with Crippen LogP contribution in [0.25, 0.3) is 0 Å². The molecule has 0 saturated heterocycles. The van der Waals surface area contributed by atoms with Gasteiger partial charge in [-0.25, -0.2) is 14.8 Å². The Hall–Kier alpha value is -1.70. The summed E-state index contributed by atoms with van der Waals surface area (Å²) < 4.78 is 40.1. The maximum absolute atomic E-state index is 11.9. The third-order valence-electron chi connectivity index (χ3n) is 2.13. The Morgan fingerprint density at radius 2 is 2.16 bits per heavy atom. The first-order valence-electron chi connectivity index (χ1n) is 5.56. The standard InChI is InChI=1S/C11H13F3N2O3/c1-2-3-8-7(10(17)18)4-15-9(16-8)5-19-6-11(12,13)14/h4H,2-3,5-6H2,1H3,(H,17,18). The summed E-state index contributed by atoms with van der Waals surface area (Å²) >= 11 is 0. The van der Waals surface area contributed by atoms with Gasteiger partial charge in [-0.05, 0) is 6.42 Å². The molecule has 1 heterocycles. The van der Waals surface area contributed by atoms with Crippen molar-refractivity contribution < 1.29 is 27.8 Å². The van der Waals surface area contributed by atoms with Gasteiger partial charge in [-0.3, -0.25) is 0 Å². The van der Waals surface area contributed by atoms with Gasteiger partial charge in [-0.2, -0.15) is 13.2 Å². The van der Waals surface area contributed by atoms with Crippen molar-refractivity contribution in [2.24, 2.45) is 0 Å². The van der Waals surface area contributed by atoms with Gasteiger partial charge in [0.05, 0.1) is 11.3 Å². The first-order valence-corrected chi connectivity index (χ1v) is 5.56. The second kappa shape index (κ2) is 6.46. The fourth-order valence-electron chi connectivity index (χ4n) is 1.39. The fraction of sp³-hybridized carbons (Fsp3) is 0.545. The van der Waals surface area contributed by atoms with Crippen LogP contribution in [0.15, 0.2) is 6.20 Å². The Morgan fingerprint density at radius 1 is 1.47 bits per heavy atom. The molecule has 0 amide bonds. The summed E-state index contributed by atoms with van der Waals surface area (Å²) in [7, 11) is 0. The third kappa shape index (κ3) is 5.21. The predicted octanol–water partition coefficient (Wildman–Crippen LogP) is 2.21. The molecule has 8 heteroatoms. The molecular formula is C11H13F3N2O3. The van der Waals surface area contributed by atoms with Crippen molar-refractivity contribution in [3.05, 3.63) is 23.3 Å². The minimum atomic E-state index is -4.41. The van der Waals surface area contributed by atoms with Crippen molar-refractivity contribution in [3.63, 3.8) is 0 Å². The Balaban J connectivity index is 2.75. The molecule has 1 aromatic heterocycles. The molecule has 0 bridgehead atoms. The van der Waals surface area contributed by atoms with Crippen LogP contribution in [0.3, 0.4) is 0 Å². The average Bonchev–Trinajstić information content (AvgIpc) is 2.27. The van der Waals surface area contributed by atoms with Crippen LogP contribution in [-0.2, 0) is 17.8 Å². The van der Waals surface area contributed by atoms with E-state index < -0.39 is 25.4 Å². The first kappa shape index (κ1) is 15.4. The Labute approximate surface area is 107 Å². The molecule has 1 N–H and O–H groups in total. The predicted molar refractivity (Wildman–Crippen MR) is 58.7 cm³/mol. The summed E-state index contributed by atoms with van der Waals surface area (Å²) in [5.74, 6) is -1.12. The molecule has 5 nitrogen and oxygen atoms in total. The number of aryl methyl sites for hydroxylation is 1. The van der Waals surface area contributed by atoms with Crippen LogP contribution in [0.4, 0.5) is 13.2 Å².